The number of cyclic esters (lactones) is 1. The van der Waals surface area contributed by atoms with Crippen molar-refractivity contribution in [3.05, 3.63) is 71.6 Å². The van der Waals surface area contributed by atoms with Gasteiger partial charge in [-0.05, 0) is 133 Å². The molecule has 3 N–H and O–H groups in total. The Labute approximate surface area is 432 Å². The highest BCUT2D eigenvalue weighted by molar-refractivity contribution is 5.97. The van der Waals surface area contributed by atoms with Crippen LogP contribution in [0.4, 0.5) is 0 Å². The Kier molecular flexibility index (Phi) is 17.9. The molecular weight excluding hydrogens is 925 g/mol. The Morgan fingerprint density at radius 3 is 2.45 bits per heavy atom. The zero-order chi connectivity index (χ0) is 53.7. The van der Waals surface area contributed by atoms with Crippen LogP contribution >= 0.6 is 0 Å². The van der Waals surface area contributed by atoms with E-state index >= 15 is 0 Å². The summed E-state index contributed by atoms with van der Waals surface area (Å²) >= 11 is 0. The zero-order valence-corrected chi connectivity index (χ0v) is 45.3. The first kappa shape index (κ1) is 56.0. The molecule has 4 heterocycles. The van der Waals surface area contributed by atoms with Gasteiger partial charge in [-0.3, -0.25) is 38.9 Å². The van der Waals surface area contributed by atoms with E-state index in [0.29, 0.717) is 49.9 Å². The molecule has 2 fully saturated rings. The molecule has 2 saturated heterocycles. The molecule has 6 rings (SSSR count). The summed E-state index contributed by atoms with van der Waals surface area (Å²) in [5, 5.41) is 16.8. The molecule has 0 saturated carbocycles. The number of benzene rings is 2. The smallest absolute Gasteiger partial charge is 0.324 e. The summed E-state index contributed by atoms with van der Waals surface area (Å²) in [5.74, 6) is 2.65. The molecule has 0 aliphatic carbocycles. The number of aromatic nitrogens is 1. The fourth-order valence-electron chi connectivity index (χ4n) is 10.1. The molecule has 0 spiro atoms. The standard InChI is InChI=1S/C57H78N8O8/c1-15-42(49(58-16-2)36(6)72-14)51-44-32-56(7,8)34-73-55(71)45-19-18-25-65(60-45)54(70)46(29-37-27-40(30-41(66)28-37)38-20-21-47(43(44)31-38)64(51)17-3)59-52(68)50(35(4)5)62(13)53(69)39-23-26-63(33-39)48(67)22-24-57(9,10)61(11)12/h15-16,20-21,27-28,30-31,35-36,39,45-46,50,60,66H,1,17-19,23,25-26,29,32-34H2,2-14H3,(H,59,68)/b49-42+,58-16?/t36-,39-,45-,46-,50-/m0/s1. The SMILES string of the molecule is C=C/C(=C(\N=CC)[C@H](C)OC)c1c2c3cc(ccc3n1CC)-c1cc(O)cc(c1)C[C@H](NC(=O)[C@H](C(C)C)N(C)C(=O)[C@H]1CCN(C(=O)C#CC(C)(C)N(C)C)C1)C(=O)N1CCC[C@H](N1)C(=O)OCC(C)(C)C2. The maximum atomic E-state index is 14.8. The first-order valence-corrected chi connectivity index (χ1v) is 25.6. The predicted octanol–water partition coefficient (Wildman–Crippen LogP) is 6.38. The number of amides is 4. The summed E-state index contributed by atoms with van der Waals surface area (Å²) < 4.78 is 14.2. The number of phenolic OH excluding ortho intramolecular Hbond substituents is 1. The van der Waals surface area contributed by atoms with Crippen LogP contribution in [0.5, 0.6) is 5.75 Å². The van der Waals surface area contributed by atoms with Crippen molar-refractivity contribution in [1.82, 2.24) is 35.0 Å². The van der Waals surface area contributed by atoms with E-state index in [-0.39, 0.29) is 55.7 Å². The van der Waals surface area contributed by atoms with Crippen molar-refractivity contribution in [2.45, 2.75) is 131 Å². The van der Waals surface area contributed by atoms with Gasteiger partial charge in [0, 0.05) is 74.9 Å². The minimum atomic E-state index is -1.19. The number of hydrazine groups is 1. The average Bonchev–Trinajstić information content (AvgIpc) is 3.96. The molecule has 1 aromatic heterocycles. The number of nitrogens with one attached hydrogen (secondary N) is 2. The number of phenols is 1. The molecule has 16 nitrogen and oxygen atoms in total. The number of likely N-dealkylation sites (N-methyl/N-ethyl adjacent to an activating group) is 1. The summed E-state index contributed by atoms with van der Waals surface area (Å²) in [7, 11) is 7.02. The number of likely N-dealkylation sites (tertiary alicyclic amines) is 1. The number of hydrogen-bond acceptors (Lipinski definition) is 11. The maximum absolute atomic E-state index is 14.8. The van der Waals surface area contributed by atoms with Gasteiger partial charge in [-0.15, -0.1) is 0 Å². The molecular formula is C57H78N8O8. The second kappa shape index (κ2) is 23.3. The molecule has 6 bridgehead atoms. The van der Waals surface area contributed by atoms with Gasteiger partial charge < -0.3 is 34.3 Å². The van der Waals surface area contributed by atoms with Crippen molar-refractivity contribution in [3.63, 3.8) is 0 Å². The van der Waals surface area contributed by atoms with Crippen LogP contribution in [0.25, 0.3) is 27.6 Å². The minimum Gasteiger partial charge on any atom is -0.508 e. The highest BCUT2D eigenvalue weighted by atomic mass is 16.5. The molecule has 2 aromatic carbocycles. The Hall–Kier alpha value is -6.28. The van der Waals surface area contributed by atoms with E-state index in [4.69, 9.17) is 14.5 Å². The largest absolute Gasteiger partial charge is 0.508 e. The number of hydrogen-bond donors (Lipinski definition) is 3. The lowest BCUT2D eigenvalue weighted by molar-refractivity contribution is -0.155. The lowest BCUT2D eigenvalue weighted by atomic mass is 9.84. The van der Waals surface area contributed by atoms with Crippen molar-refractivity contribution in [2.75, 3.05) is 54.5 Å². The molecule has 0 radical (unpaired) electrons. The van der Waals surface area contributed by atoms with Crippen LogP contribution < -0.4 is 10.7 Å². The topological polar surface area (TPSA) is 178 Å². The van der Waals surface area contributed by atoms with Crippen LogP contribution in [0.2, 0.25) is 0 Å². The Bertz CT molecular complexity index is 2720. The van der Waals surface area contributed by atoms with E-state index in [0.717, 1.165) is 39.0 Å². The maximum Gasteiger partial charge on any atom is 0.324 e. The van der Waals surface area contributed by atoms with E-state index < -0.39 is 52.8 Å². The molecule has 0 unspecified atom stereocenters. The number of rotatable bonds is 12. The van der Waals surface area contributed by atoms with Gasteiger partial charge in [0.25, 0.3) is 11.8 Å². The van der Waals surface area contributed by atoms with Crippen LogP contribution in [0, 0.1) is 29.1 Å². The molecule has 394 valence electrons. The summed E-state index contributed by atoms with van der Waals surface area (Å²) in [4.78, 5) is 80.6. The summed E-state index contributed by atoms with van der Waals surface area (Å²) in [5.41, 5.74) is 8.54. The van der Waals surface area contributed by atoms with Crippen LogP contribution in [-0.2, 0) is 52.8 Å². The third kappa shape index (κ3) is 12.6. The van der Waals surface area contributed by atoms with Crippen molar-refractivity contribution >= 4 is 52.3 Å². The zero-order valence-electron chi connectivity index (χ0n) is 45.3. The lowest BCUT2D eigenvalue weighted by Crippen LogP contribution is -2.62. The van der Waals surface area contributed by atoms with Crippen molar-refractivity contribution in [1.29, 1.82) is 0 Å². The average molecular weight is 1000 g/mol. The summed E-state index contributed by atoms with van der Waals surface area (Å²) in [6.07, 6.45) is 5.01. The number of aromatic hydroxyl groups is 1. The minimum absolute atomic E-state index is 0.0269. The number of ether oxygens (including phenoxy) is 2. The second-order valence-corrected chi connectivity index (χ2v) is 21.6. The van der Waals surface area contributed by atoms with E-state index in [1.54, 1.807) is 37.4 Å². The number of methoxy groups -OCH3 is 1. The van der Waals surface area contributed by atoms with Gasteiger partial charge in [0.1, 0.15) is 23.9 Å². The summed E-state index contributed by atoms with van der Waals surface area (Å²) in [6.45, 7) is 23.3. The van der Waals surface area contributed by atoms with Crippen molar-refractivity contribution in [3.8, 4) is 28.7 Å². The molecule has 3 aliphatic rings. The Morgan fingerprint density at radius 2 is 1.81 bits per heavy atom. The van der Waals surface area contributed by atoms with Gasteiger partial charge in [0.2, 0.25) is 11.8 Å². The second-order valence-electron chi connectivity index (χ2n) is 21.6. The van der Waals surface area contributed by atoms with Gasteiger partial charge in [-0.25, -0.2) is 5.43 Å². The fraction of sp³-hybridized carbons (Fsp3) is 0.544. The van der Waals surface area contributed by atoms with Crippen LogP contribution in [0.15, 0.2) is 59.7 Å². The lowest BCUT2D eigenvalue weighted by Gasteiger charge is -2.37. The Balaban J connectivity index is 1.41. The number of esters is 1. The molecule has 4 amide bonds. The van der Waals surface area contributed by atoms with Crippen LogP contribution in [0.3, 0.4) is 0 Å². The van der Waals surface area contributed by atoms with Gasteiger partial charge in [0.05, 0.1) is 35.6 Å². The predicted molar refractivity (Wildman–Crippen MR) is 286 cm³/mol. The van der Waals surface area contributed by atoms with Gasteiger partial charge >= 0.3 is 5.97 Å². The van der Waals surface area contributed by atoms with Crippen LogP contribution in [0.1, 0.15) is 98.4 Å². The molecule has 3 aromatic rings. The first-order chi connectivity index (χ1) is 34.4. The number of allylic oxidation sites excluding steroid dienone is 2. The number of aryl methyl sites for hydroxylation is 1. The normalized spacial score (nSPS) is 20.8. The fourth-order valence-corrected chi connectivity index (χ4v) is 10.1. The first-order valence-electron chi connectivity index (χ1n) is 25.6. The summed E-state index contributed by atoms with van der Waals surface area (Å²) in [6, 6.07) is 8.35. The number of carbonyl (C=O) groups excluding carboxylic acids is 5. The number of fused-ring (bicyclic) bond motifs is 6. The molecule has 73 heavy (non-hydrogen) atoms. The van der Waals surface area contributed by atoms with Gasteiger partial charge in [0.15, 0.2) is 0 Å². The van der Waals surface area contributed by atoms with Gasteiger partial charge in [-0.2, -0.15) is 0 Å². The molecule has 5 atom stereocenters. The van der Waals surface area contributed by atoms with E-state index in [1.165, 1.54) is 9.91 Å². The third-order valence-corrected chi connectivity index (χ3v) is 14.7. The number of aliphatic imine (C=N–C) groups is 1. The highest BCUT2D eigenvalue weighted by Crippen LogP contribution is 2.41. The highest BCUT2D eigenvalue weighted by Gasteiger charge is 2.40. The quantitative estimate of drug-likeness (QED) is 0.0799. The van der Waals surface area contributed by atoms with E-state index in [2.05, 4.69) is 66.6 Å². The Morgan fingerprint density at radius 1 is 1.08 bits per heavy atom. The van der Waals surface area contributed by atoms with E-state index in [9.17, 15) is 29.1 Å². The molecule has 3 aliphatic heterocycles. The molecule has 16 heteroatoms. The number of carbonyl (C=O) groups is 5. The monoisotopic (exact) mass is 1000 g/mol. The third-order valence-electron chi connectivity index (χ3n) is 14.7. The number of nitrogens with zero attached hydrogens (tertiary/aromatic N) is 6. The van der Waals surface area contributed by atoms with Crippen molar-refractivity contribution in [2.24, 2.45) is 22.2 Å². The van der Waals surface area contributed by atoms with Gasteiger partial charge in [-0.1, -0.05) is 58.4 Å². The van der Waals surface area contributed by atoms with E-state index in [1.807, 2.05) is 78.7 Å². The van der Waals surface area contributed by atoms with Crippen molar-refractivity contribution < 1.29 is 38.6 Å². The van der Waals surface area contributed by atoms with Crippen LogP contribution in [-0.4, -0.2) is 149 Å².